The van der Waals surface area contributed by atoms with Crippen LogP contribution in [0.4, 0.5) is 20.7 Å². The van der Waals surface area contributed by atoms with Gasteiger partial charge in [0.1, 0.15) is 11.6 Å². The number of aryl methyl sites for hydroxylation is 1. The zero-order valence-corrected chi connectivity index (χ0v) is 10.7. The quantitative estimate of drug-likeness (QED) is 0.846. The van der Waals surface area contributed by atoms with Gasteiger partial charge in [-0.05, 0) is 6.92 Å². The number of hydrogen-bond donors (Lipinski definition) is 1. The molecular weight excluding hydrogens is 270 g/mol. The van der Waals surface area contributed by atoms with Gasteiger partial charge in [-0.25, -0.2) is 18.4 Å². The highest BCUT2D eigenvalue weighted by Crippen LogP contribution is 2.20. The minimum absolute atomic E-state index is 0.139. The smallest absolute Gasteiger partial charge is 0.297 e. The molecule has 0 saturated heterocycles. The third-order valence-corrected chi connectivity index (χ3v) is 2.90. The van der Waals surface area contributed by atoms with Gasteiger partial charge in [0, 0.05) is 6.54 Å². The van der Waals surface area contributed by atoms with Crippen LogP contribution in [0.15, 0.2) is 0 Å². The molecule has 2 aromatic rings. The number of nitrogen functional groups attached to an aromatic ring is 1. The molecule has 3 heterocycles. The number of anilines is 2. The molecule has 0 aromatic carbocycles. The summed E-state index contributed by atoms with van der Waals surface area (Å²) in [6, 6.07) is 0. The number of rotatable bonds is 2. The molecule has 0 atom stereocenters. The van der Waals surface area contributed by atoms with Gasteiger partial charge in [0.25, 0.3) is 6.43 Å². The van der Waals surface area contributed by atoms with E-state index in [1.807, 2.05) is 0 Å². The first-order valence-corrected chi connectivity index (χ1v) is 5.98. The van der Waals surface area contributed by atoms with Crippen LogP contribution >= 0.6 is 0 Å². The summed E-state index contributed by atoms with van der Waals surface area (Å²) in [5.74, 6) is 0.723. The van der Waals surface area contributed by atoms with Crippen LogP contribution in [0.1, 0.15) is 23.9 Å². The fraction of sp³-hybridized carbons (Fsp3) is 0.500. The van der Waals surface area contributed by atoms with Gasteiger partial charge in [-0.3, -0.25) is 0 Å². The third kappa shape index (κ3) is 2.24. The molecule has 0 unspecified atom stereocenters. The van der Waals surface area contributed by atoms with Crippen LogP contribution in [0.25, 0.3) is 0 Å². The molecule has 0 saturated carbocycles. The van der Waals surface area contributed by atoms with Crippen molar-refractivity contribution in [2.45, 2.75) is 26.4 Å². The summed E-state index contributed by atoms with van der Waals surface area (Å²) in [6.45, 7) is 3.33. The average molecular weight is 282 g/mol. The Morgan fingerprint density at radius 3 is 2.70 bits per heavy atom. The van der Waals surface area contributed by atoms with Crippen LogP contribution in [-0.2, 0) is 13.1 Å². The molecule has 1 aliphatic heterocycles. The van der Waals surface area contributed by atoms with Crippen molar-refractivity contribution in [2.24, 2.45) is 0 Å². The van der Waals surface area contributed by atoms with Crippen molar-refractivity contribution in [3.05, 3.63) is 17.5 Å². The minimum Gasteiger partial charge on any atom is -0.368 e. The molecule has 0 amide bonds. The topological polar surface area (TPSA) is 98.6 Å². The Labute approximate surface area is 112 Å². The lowest BCUT2D eigenvalue weighted by Crippen LogP contribution is -2.35. The molecule has 0 radical (unpaired) electrons. The Hall–Kier alpha value is -2.39. The van der Waals surface area contributed by atoms with Gasteiger partial charge in [0.15, 0.2) is 0 Å². The zero-order chi connectivity index (χ0) is 14.3. The summed E-state index contributed by atoms with van der Waals surface area (Å²) >= 11 is 0. The van der Waals surface area contributed by atoms with Gasteiger partial charge in [0.05, 0.1) is 13.1 Å². The molecule has 2 aromatic heterocycles. The lowest BCUT2D eigenvalue weighted by molar-refractivity contribution is 0.140. The van der Waals surface area contributed by atoms with E-state index in [-0.39, 0.29) is 11.9 Å². The highest BCUT2D eigenvalue weighted by atomic mass is 19.3. The summed E-state index contributed by atoms with van der Waals surface area (Å²) in [7, 11) is 0. The first-order valence-electron chi connectivity index (χ1n) is 5.98. The van der Waals surface area contributed by atoms with Crippen molar-refractivity contribution in [3.8, 4) is 0 Å². The zero-order valence-electron chi connectivity index (χ0n) is 10.7. The second kappa shape index (κ2) is 4.62. The van der Waals surface area contributed by atoms with Gasteiger partial charge < -0.3 is 10.6 Å². The molecule has 1 aliphatic rings. The van der Waals surface area contributed by atoms with Gasteiger partial charge in [0.2, 0.25) is 17.7 Å². The minimum atomic E-state index is -2.78. The molecule has 10 heteroatoms. The summed E-state index contributed by atoms with van der Waals surface area (Å²) in [5, 5.41) is 4.22. The van der Waals surface area contributed by atoms with E-state index in [0.29, 0.717) is 25.5 Å². The number of hydrogen-bond acceptors (Lipinski definition) is 7. The number of nitrogens with two attached hydrogens (primary N) is 1. The number of fused-ring (bicyclic) bond motifs is 1. The second-order valence-corrected chi connectivity index (χ2v) is 4.37. The molecule has 0 spiro atoms. The molecule has 20 heavy (non-hydrogen) atoms. The summed E-state index contributed by atoms with van der Waals surface area (Å²) in [4.78, 5) is 17.1. The van der Waals surface area contributed by atoms with Gasteiger partial charge in [-0.1, -0.05) is 0 Å². The number of halogens is 2. The Morgan fingerprint density at radius 2 is 1.95 bits per heavy atom. The SMILES string of the molecule is Cc1nc2n(n1)CCN(c1nc(N)nc(C(F)F)n1)C2. The predicted molar refractivity (Wildman–Crippen MR) is 65.0 cm³/mol. The number of aromatic nitrogens is 6. The van der Waals surface area contributed by atoms with E-state index in [1.54, 1.807) is 16.5 Å². The number of alkyl halides is 2. The maximum Gasteiger partial charge on any atom is 0.297 e. The van der Waals surface area contributed by atoms with E-state index in [4.69, 9.17) is 5.73 Å². The molecule has 0 bridgehead atoms. The van der Waals surface area contributed by atoms with Crippen LogP contribution in [-0.4, -0.2) is 36.3 Å². The Balaban J connectivity index is 1.91. The Bertz CT molecular complexity index is 640. The van der Waals surface area contributed by atoms with E-state index in [9.17, 15) is 8.78 Å². The largest absolute Gasteiger partial charge is 0.368 e. The molecule has 2 N–H and O–H groups in total. The van der Waals surface area contributed by atoms with E-state index in [2.05, 4.69) is 25.0 Å². The van der Waals surface area contributed by atoms with E-state index >= 15 is 0 Å². The normalized spacial score (nSPS) is 14.7. The molecule has 0 fully saturated rings. The first-order chi connectivity index (χ1) is 9.52. The molecule has 0 aliphatic carbocycles. The third-order valence-electron chi connectivity index (χ3n) is 2.90. The Kier molecular flexibility index (Phi) is 2.92. The standard InChI is InChI=1S/C10H12F2N8/c1-5-14-6-4-19(2-3-20(6)18-5)10-16-8(7(11)12)15-9(13)17-10/h7H,2-4H2,1H3,(H2,13,15,16,17). The van der Waals surface area contributed by atoms with Crippen molar-refractivity contribution in [1.29, 1.82) is 0 Å². The maximum absolute atomic E-state index is 12.7. The van der Waals surface area contributed by atoms with Crippen molar-refractivity contribution in [1.82, 2.24) is 29.7 Å². The van der Waals surface area contributed by atoms with E-state index in [0.717, 1.165) is 5.82 Å². The van der Waals surface area contributed by atoms with Crippen LogP contribution in [0.3, 0.4) is 0 Å². The summed E-state index contributed by atoms with van der Waals surface area (Å²) in [6.07, 6.45) is -2.78. The first kappa shape index (κ1) is 12.6. The van der Waals surface area contributed by atoms with Crippen LogP contribution in [0, 0.1) is 6.92 Å². The highest BCUT2D eigenvalue weighted by molar-refractivity contribution is 5.35. The summed E-state index contributed by atoms with van der Waals surface area (Å²) in [5.41, 5.74) is 5.45. The van der Waals surface area contributed by atoms with E-state index < -0.39 is 12.2 Å². The van der Waals surface area contributed by atoms with Gasteiger partial charge >= 0.3 is 0 Å². The van der Waals surface area contributed by atoms with Crippen LogP contribution in [0.2, 0.25) is 0 Å². The van der Waals surface area contributed by atoms with Gasteiger partial charge in [-0.2, -0.15) is 20.1 Å². The predicted octanol–water partition coefficient (Wildman–Crippen LogP) is 0.312. The van der Waals surface area contributed by atoms with Crippen LogP contribution in [0.5, 0.6) is 0 Å². The maximum atomic E-state index is 12.7. The van der Waals surface area contributed by atoms with E-state index in [1.165, 1.54) is 0 Å². The lowest BCUT2D eigenvalue weighted by atomic mass is 10.4. The molecule has 3 rings (SSSR count). The molecule has 8 nitrogen and oxygen atoms in total. The fourth-order valence-corrected chi connectivity index (χ4v) is 2.07. The van der Waals surface area contributed by atoms with Crippen molar-refractivity contribution in [3.63, 3.8) is 0 Å². The Morgan fingerprint density at radius 1 is 1.15 bits per heavy atom. The van der Waals surface area contributed by atoms with Crippen LogP contribution < -0.4 is 10.6 Å². The lowest BCUT2D eigenvalue weighted by Gasteiger charge is -2.26. The van der Waals surface area contributed by atoms with Gasteiger partial charge in [-0.15, -0.1) is 0 Å². The molecular formula is C10H12F2N8. The van der Waals surface area contributed by atoms with Crippen molar-refractivity contribution in [2.75, 3.05) is 17.2 Å². The number of nitrogens with zero attached hydrogens (tertiary/aromatic N) is 7. The fourth-order valence-electron chi connectivity index (χ4n) is 2.07. The van der Waals surface area contributed by atoms with Crippen molar-refractivity contribution >= 4 is 11.9 Å². The molecule has 106 valence electrons. The second-order valence-electron chi connectivity index (χ2n) is 4.37. The monoisotopic (exact) mass is 282 g/mol. The average Bonchev–Trinajstić information content (AvgIpc) is 2.76. The highest BCUT2D eigenvalue weighted by Gasteiger charge is 2.23. The van der Waals surface area contributed by atoms with Crippen molar-refractivity contribution < 1.29 is 8.78 Å². The summed E-state index contributed by atoms with van der Waals surface area (Å²) < 4.78 is 27.1.